The van der Waals surface area contributed by atoms with E-state index in [2.05, 4.69) is 35.8 Å². The smallest absolute Gasteiger partial charge is 0.0163 e. The fraction of sp³-hybridized carbons (Fsp3) is 0.857. The summed E-state index contributed by atoms with van der Waals surface area (Å²) in [5.41, 5.74) is 0. The van der Waals surface area contributed by atoms with Gasteiger partial charge in [0.15, 0.2) is 0 Å². The fourth-order valence-corrected chi connectivity index (χ4v) is 2.83. The largest absolute Gasteiger partial charge is 0.299 e. The van der Waals surface area contributed by atoms with Crippen LogP contribution in [0.25, 0.3) is 0 Å². The number of hydrogen-bond acceptors (Lipinski definition) is 2. The highest BCUT2D eigenvalue weighted by Crippen LogP contribution is 2.15. The summed E-state index contributed by atoms with van der Waals surface area (Å²) in [6, 6.07) is 0. The van der Waals surface area contributed by atoms with Crippen molar-refractivity contribution in [1.82, 2.24) is 9.80 Å². The van der Waals surface area contributed by atoms with Gasteiger partial charge in [-0.3, -0.25) is 9.80 Å². The van der Waals surface area contributed by atoms with E-state index in [0.717, 1.165) is 24.9 Å². The van der Waals surface area contributed by atoms with E-state index in [1.54, 1.807) is 0 Å². The third kappa shape index (κ3) is 3.60. The first-order valence-corrected chi connectivity index (χ1v) is 6.83. The van der Waals surface area contributed by atoms with Crippen LogP contribution >= 0.6 is 0 Å². The average molecular weight is 222 g/mol. The second-order valence-electron chi connectivity index (χ2n) is 5.78. The van der Waals surface area contributed by atoms with Crippen molar-refractivity contribution in [1.29, 1.82) is 0 Å². The summed E-state index contributed by atoms with van der Waals surface area (Å²) < 4.78 is 0. The molecule has 2 unspecified atom stereocenters. The van der Waals surface area contributed by atoms with Crippen molar-refractivity contribution in [2.75, 3.05) is 39.3 Å². The minimum atomic E-state index is 0.910. The van der Waals surface area contributed by atoms with Crippen LogP contribution in [0.1, 0.15) is 26.7 Å². The van der Waals surface area contributed by atoms with Crippen molar-refractivity contribution >= 4 is 0 Å². The molecule has 2 heteroatoms. The van der Waals surface area contributed by atoms with Crippen LogP contribution in [0.2, 0.25) is 0 Å². The Kier molecular flexibility index (Phi) is 4.42. The van der Waals surface area contributed by atoms with E-state index in [1.807, 2.05) is 0 Å². The highest BCUT2D eigenvalue weighted by atomic mass is 15.1. The lowest BCUT2D eigenvalue weighted by Crippen LogP contribution is -2.22. The first-order chi connectivity index (χ1) is 7.74. The van der Waals surface area contributed by atoms with Gasteiger partial charge in [-0.15, -0.1) is 0 Å². The second kappa shape index (κ2) is 5.83. The zero-order valence-corrected chi connectivity index (χ0v) is 10.9. The summed E-state index contributed by atoms with van der Waals surface area (Å²) in [7, 11) is 0. The summed E-state index contributed by atoms with van der Waals surface area (Å²) in [5, 5.41) is 0. The van der Waals surface area contributed by atoms with Gasteiger partial charge in [-0.05, 0) is 37.8 Å². The van der Waals surface area contributed by atoms with Crippen molar-refractivity contribution in [3.05, 3.63) is 12.2 Å². The number of hydrogen-bond donors (Lipinski definition) is 0. The molecule has 92 valence electrons. The molecule has 0 bridgehead atoms. The predicted octanol–water partition coefficient (Wildman–Crippen LogP) is 2.23. The Morgan fingerprint density at radius 2 is 1.31 bits per heavy atom. The van der Waals surface area contributed by atoms with E-state index in [9.17, 15) is 0 Å². The molecule has 2 saturated heterocycles. The van der Waals surface area contributed by atoms with Gasteiger partial charge >= 0.3 is 0 Å². The lowest BCUT2D eigenvalue weighted by molar-refractivity contribution is 0.354. The Labute approximate surface area is 100 Å². The zero-order valence-electron chi connectivity index (χ0n) is 10.9. The Balaban J connectivity index is 1.59. The quantitative estimate of drug-likeness (QED) is 0.673. The van der Waals surface area contributed by atoms with Gasteiger partial charge in [-0.1, -0.05) is 26.0 Å². The summed E-state index contributed by atoms with van der Waals surface area (Å²) >= 11 is 0. The lowest BCUT2D eigenvalue weighted by Gasteiger charge is -2.14. The number of rotatable bonds is 4. The normalized spacial score (nSPS) is 33.1. The third-order valence-corrected chi connectivity index (χ3v) is 3.91. The second-order valence-corrected chi connectivity index (χ2v) is 5.78. The Hall–Kier alpha value is -0.340. The maximum absolute atomic E-state index is 2.56. The molecule has 2 aliphatic heterocycles. The SMILES string of the molecule is CC1CCN(CC=CCN2CCC(C)C2)C1. The van der Waals surface area contributed by atoms with Crippen LogP contribution in [0.3, 0.4) is 0 Å². The first kappa shape index (κ1) is 12.1. The van der Waals surface area contributed by atoms with E-state index in [4.69, 9.17) is 0 Å². The molecule has 0 aromatic heterocycles. The Morgan fingerprint density at radius 3 is 1.62 bits per heavy atom. The molecule has 0 aromatic carbocycles. The molecule has 2 rings (SSSR count). The molecule has 0 radical (unpaired) electrons. The van der Waals surface area contributed by atoms with Gasteiger partial charge in [-0.25, -0.2) is 0 Å². The molecule has 2 heterocycles. The molecular formula is C14H26N2. The molecule has 0 aliphatic carbocycles. The van der Waals surface area contributed by atoms with Gasteiger partial charge in [0.05, 0.1) is 0 Å². The maximum atomic E-state index is 2.56. The van der Waals surface area contributed by atoms with Gasteiger partial charge in [0.2, 0.25) is 0 Å². The van der Waals surface area contributed by atoms with Gasteiger partial charge in [0.25, 0.3) is 0 Å². The van der Waals surface area contributed by atoms with Crippen molar-refractivity contribution in [2.45, 2.75) is 26.7 Å². The van der Waals surface area contributed by atoms with E-state index in [-0.39, 0.29) is 0 Å². The van der Waals surface area contributed by atoms with Gasteiger partial charge in [-0.2, -0.15) is 0 Å². The summed E-state index contributed by atoms with van der Waals surface area (Å²) in [6.45, 7) is 12.2. The Morgan fingerprint density at radius 1 is 0.875 bits per heavy atom. The summed E-state index contributed by atoms with van der Waals surface area (Å²) in [6.07, 6.45) is 7.50. The Bertz CT molecular complexity index is 213. The lowest BCUT2D eigenvalue weighted by atomic mass is 10.2. The van der Waals surface area contributed by atoms with Crippen LogP contribution in [-0.2, 0) is 0 Å². The van der Waals surface area contributed by atoms with E-state index >= 15 is 0 Å². The summed E-state index contributed by atoms with van der Waals surface area (Å²) in [5.74, 6) is 1.82. The van der Waals surface area contributed by atoms with Crippen molar-refractivity contribution < 1.29 is 0 Å². The molecule has 0 aromatic rings. The molecular weight excluding hydrogens is 196 g/mol. The zero-order chi connectivity index (χ0) is 11.4. The van der Waals surface area contributed by atoms with Crippen molar-refractivity contribution in [2.24, 2.45) is 11.8 Å². The highest BCUT2D eigenvalue weighted by Gasteiger charge is 2.18. The van der Waals surface area contributed by atoms with Crippen LogP contribution in [0, 0.1) is 11.8 Å². The van der Waals surface area contributed by atoms with Crippen LogP contribution in [0.4, 0.5) is 0 Å². The van der Waals surface area contributed by atoms with E-state index in [0.29, 0.717) is 0 Å². The van der Waals surface area contributed by atoms with Crippen LogP contribution in [0.15, 0.2) is 12.2 Å². The molecule has 2 nitrogen and oxygen atoms in total. The maximum Gasteiger partial charge on any atom is 0.0163 e. The van der Waals surface area contributed by atoms with Crippen molar-refractivity contribution in [3.63, 3.8) is 0 Å². The molecule has 0 N–H and O–H groups in total. The minimum absolute atomic E-state index is 0.910. The topological polar surface area (TPSA) is 6.48 Å². The minimum Gasteiger partial charge on any atom is -0.299 e. The number of likely N-dealkylation sites (tertiary alicyclic amines) is 2. The predicted molar refractivity (Wildman–Crippen MR) is 69.6 cm³/mol. The van der Waals surface area contributed by atoms with Crippen molar-refractivity contribution in [3.8, 4) is 0 Å². The van der Waals surface area contributed by atoms with Gasteiger partial charge in [0, 0.05) is 26.2 Å². The fourth-order valence-electron chi connectivity index (χ4n) is 2.83. The van der Waals surface area contributed by atoms with Gasteiger partial charge < -0.3 is 0 Å². The van der Waals surface area contributed by atoms with Crippen LogP contribution in [-0.4, -0.2) is 49.1 Å². The van der Waals surface area contributed by atoms with Gasteiger partial charge in [0.1, 0.15) is 0 Å². The third-order valence-electron chi connectivity index (χ3n) is 3.91. The molecule has 0 spiro atoms. The monoisotopic (exact) mass is 222 g/mol. The molecule has 2 aliphatic rings. The van der Waals surface area contributed by atoms with Crippen LogP contribution in [0.5, 0.6) is 0 Å². The summed E-state index contributed by atoms with van der Waals surface area (Å²) in [4.78, 5) is 5.13. The standard InChI is InChI=1S/C14H26N2/c1-13-5-9-15(11-13)7-3-4-8-16-10-6-14(2)12-16/h3-4,13-14H,5-12H2,1-2H3. The van der Waals surface area contributed by atoms with Crippen LogP contribution < -0.4 is 0 Å². The molecule has 16 heavy (non-hydrogen) atoms. The average Bonchev–Trinajstić information content (AvgIpc) is 2.83. The highest BCUT2D eigenvalue weighted by molar-refractivity contribution is 4.90. The first-order valence-electron chi connectivity index (χ1n) is 6.83. The molecule has 2 fully saturated rings. The van der Waals surface area contributed by atoms with E-state index < -0.39 is 0 Å². The molecule has 2 atom stereocenters. The molecule has 0 saturated carbocycles. The molecule has 0 amide bonds. The number of nitrogens with zero attached hydrogens (tertiary/aromatic N) is 2. The van der Waals surface area contributed by atoms with E-state index in [1.165, 1.54) is 39.0 Å².